The molecule has 2 N–H and O–H groups in total. The molecule has 0 atom stereocenters. The van der Waals surface area contributed by atoms with Crippen LogP contribution in [0.5, 0.6) is 0 Å². The van der Waals surface area contributed by atoms with E-state index in [0.29, 0.717) is 30.9 Å². The number of anilines is 1. The van der Waals surface area contributed by atoms with Crippen LogP contribution in [0.15, 0.2) is 34.5 Å². The molecule has 1 aromatic carbocycles. The zero-order chi connectivity index (χ0) is 21.0. The highest BCUT2D eigenvalue weighted by molar-refractivity contribution is 7.89. The Balaban J connectivity index is 1.85. The van der Waals surface area contributed by atoms with Gasteiger partial charge in [-0.25, -0.2) is 8.42 Å². The van der Waals surface area contributed by atoms with Crippen molar-refractivity contribution < 1.29 is 18.0 Å². The molecule has 9 heteroatoms. The lowest BCUT2D eigenvalue weighted by Crippen LogP contribution is -2.36. The SMILES string of the molecule is CCNC(=O)c1ccc(C)c(NC(=O)c2sccc2S(=O)(=O)N2CCCCC2)c1. The molecule has 1 aliphatic heterocycles. The Bertz CT molecular complexity index is 1010. The molecule has 0 saturated carbocycles. The average molecular weight is 436 g/mol. The lowest BCUT2D eigenvalue weighted by molar-refractivity contribution is 0.0954. The first-order chi connectivity index (χ1) is 13.8. The number of amides is 2. The second-order valence-corrected chi connectivity index (χ2v) is 9.74. The quantitative estimate of drug-likeness (QED) is 0.728. The Morgan fingerprint density at radius 2 is 1.83 bits per heavy atom. The third-order valence-corrected chi connectivity index (χ3v) is 7.84. The summed E-state index contributed by atoms with van der Waals surface area (Å²) in [5, 5.41) is 7.11. The van der Waals surface area contributed by atoms with E-state index in [9.17, 15) is 18.0 Å². The Morgan fingerprint density at radius 3 is 2.52 bits per heavy atom. The molecule has 0 bridgehead atoms. The summed E-state index contributed by atoms with van der Waals surface area (Å²) in [5.41, 5.74) is 1.69. The third-order valence-electron chi connectivity index (χ3n) is 4.85. The molecule has 29 heavy (non-hydrogen) atoms. The van der Waals surface area contributed by atoms with Crippen molar-refractivity contribution in [1.29, 1.82) is 0 Å². The van der Waals surface area contributed by atoms with E-state index in [0.717, 1.165) is 36.2 Å². The number of rotatable bonds is 6. The topological polar surface area (TPSA) is 95.6 Å². The summed E-state index contributed by atoms with van der Waals surface area (Å²) in [7, 11) is -3.71. The van der Waals surface area contributed by atoms with Gasteiger partial charge in [-0.3, -0.25) is 9.59 Å². The summed E-state index contributed by atoms with van der Waals surface area (Å²) in [6.45, 7) is 5.11. The van der Waals surface area contributed by atoms with E-state index in [-0.39, 0.29) is 15.7 Å². The fourth-order valence-electron chi connectivity index (χ4n) is 3.25. The van der Waals surface area contributed by atoms with Crippen LogP contribution in [0.25, 0.3) is 0 Å². The van der Waals surface area contributed by atoms with Gasteiger partial charge < -0.3 is 10.6 Å². The van der Waals surface area contributed by atoms with Crippen molar-refractivity contribution in [3.05, 3.63) is 45.6 Å². The Kier molecular flexibility index (Phi) is 6.71. The van der Waals surface area contributed by atoms with Gasteiger partial charge in [-0.1, -0.05) is 12.5 Å². The molecule has 0 spiro atoms. The number of sulfonamides is 1. The van der Waals surface area contributed by atoms with Gasteiger partial charge in [0.1, 0.15) is 9.77 Å². The number of piperidine rings is 1. The first-order valence-electron chi connectivity index (χ1n) is 9.62. The van der Waals surface area contributed by atoms with E-state index in [1.807, 2.05) is 13.8 Å². The lowest BCUT2D eigenvalue weighted by Gasteiger charge is -2.25. The number of benzene rings is 1. The fourth-order valence-corrected chi connectivity index (χ4v) is 6.06. The van der Waals surface area contributed by atoms with Gasteiger partial charge in [0, 0.05) is 30.9 Å². The van der Waals surface area contributed by atoms with Crippen molar-refractivity contribution in [2.24, 2.45) is 0 Å². The molecule has 2 aromatic rings. The summed E-state index contributed by atoms with van der Waals surface area (Å²) >= 11 is 1.10. The van der Waals surface area contributed by atoms with Crippen molar-refractivity contribution in [3.63, 3.8) is 0 Å². The van der Waals surface area contributed by atoms with Crippen LogP contribution >= 0.6 is 11.3 Å². The molecular weight excluding hydrogens is 410 g/mol. The second kappa shape index (κ2) is 9.06. The predicted octanol–water partition coefficient (Wildman–Crippen LogP) is 3.23. The number of nitrogens with zero attached hydrogens (tertiary/aromatic N) is 1. The van der Waals surface area contributed by atoms with Crippen LogP contribution in [-0.4, -0.2) is 44.2 Å². The van der Waals surface area contributed by atoms with Gasteiger partial charge in [0.25, 0.3) is 11.8 Å². The molecule has 1 aliphatic rings. The van der Waals surface area contributed by atoms with E-state index in [1.54, 1.807) is 23.6 Å². The Morgan fingerprint density at radius 1 is 1.10 bits per heavy atom. The smallest absolute Gasteiger partial charge is 0.267 e. The van der Waals surface area contributed by atoms with Gasteiger partial charge >= 0.3 is 0 Å². The number of aryl methyl sites for hydroxylation is 1. The molecule has 1 aromatic heterocycles. The fraction of sp³-hybridized carbons (Fsp3) is 0.400. The van der Waals surface area contributed by atoms with Crippen molar-refractivity contribution >= 4 is 38.9 Å². The first-order valence-corrected chi connectivity index (χ1v) is 11.9. The third kappa shape index (κ3) is 4.68. The number of carbonyl (C=O) groups is 2. The second-order valence-electron chi connectivity index (χ2n) is 6.92. The lowest BCUT2D eigenvalue weighted by atomic mass is 10.1. The molecule has 156 valence electrons. The van der Waals surface area contributed by atoms with Crippen LogP contribution in [0, 0.1) is 6.92 Å². The molecule has 2 amide bonds. The monoisotopic (exact) mass is 435 g/mol. The molecule has 1 saturated heterocycles. The summed E-state index contributed by atoms with van der Waals surface area (Å²) < 4.78 is 27.5. The van der Waals surface area contributed by atoms with Gasteiger partial charge in [-0.05, 0) is 55.8 Å². The maximum atomic E-state index is 13.0. The normalized spacial score (nSPS) is 15.1. The maximum absolute atomic E-state index is 13.0. The van der Waals surface area contributed by atoms with E-state index in [4.69, 9.17) is 0 Å². The maximum Gasteiger partial charge on any atom is 0.267 e. The molecule has 1 fully saturated rings. The number of hydrogen-bond donors (Lipinski definition) is 2. The predicted molar refractivity (Wildman–Crippen MR) is 114 cm³/mol. The van der Waals surface area contributed by atoms with Gasteiger partial charge in [0.2, 0.25) is 10.0 Å². The van der Waals surface area contributed by atoms with Gasteiger partial charge in [0.15, 0.2) is 0 Å². The van der Waals surface area contributed by atoms with Crippen molar-refractivity contribution in [1.82, 2.24) is 9.62 Å². The molecular formula is C20H25N3O4S2. The van der Waals surface area contributed by atoms with Crippen molar-refractivity contribution in [2.75, 3.05) is 25.0 Å². The molecule has 2 heterocycles. The molecule has 0 unspecified atom stereocenters. The molecule has 3 rings (SSSR count). The highest BCUT2D eigenvalue weighted by Gasteiger charge is 2.31. The van der Waals surface area contributed by atoms with Crippen LogP contribution in [0.1, 0.15) is 51.8 Å². The van der Waals surface area contributed by atoms with Gasteiger partial charge in [-0.15, -0.1) is 11.3 Å². The zero-order valence-corrected chi connectivity index (χ0v) is 18.2. The number of hydrogen-bond acceptors (Lipinski definition) is 5. The number of carbonyl (C=O) groups excluding carboxylic acids is 2. The Hall–Kier alpha value is -2.23. The van der Waals surface area contributed by atoms with Crippen LogP contribution in [0.3, 0.4) is 0 Å². The van der Waals surface area contributed by atoms with Crippen molar-refractivity contribution in [3.8, 4) is 0 Å². The zero-order valence-electron chi connectivity index (χ0n) is 16.5. The highest BCUT2D eigenvalue weighted by atomic mass is 32.2. The van der Waals surface area contributed by atoms with E-state index in [2.05, 4.69) is 10.6 Å². The summed E-state index contributed by atoms with van der Waals surface area (Å²) in [5.74, 6) is -0.723. The summed E-state index contributed by atoms with van der Waals surface area (Å²) in [6.07, 6.45) is 2.68. The van der Waals surface area contributed by atoms with Crippen LogP contribution in [-0.2, 0) is 10.0 Å². The minimum atomic E-state index is -3.71. The number of thiophene rings is 1. The van der Waals surface area contributed by atoms with Crippen LogP contribution < -0.4 is 10.6 Å². The number of nitrogens with one attached hydrogen (secondary N) is 2. The first kappa shape index (κ1) is 21.5. The van der Waals surface area contributed by atoms with Crippen LogP contribution in [0.2, 0.25) is 0 Å². The minimum Gasteiger partial charge on any atom is -0.352 e. The summed E-state index contributed by atoms with van der Waals surface area (Å²) in [4.78, 5) is 25.2. The van der Waals surface area contributed by atoms with E-state index in [1.165, 1.54) is 10.4 Å². The Labute approximate surface area is 175 Å². The van der Waals surface area contributed by atoms with E-state index >= 15 is 0 Å². The average Bonchev–Trinajstić information content (AvgIpc) is 3.21. The molecule has 0 radical (unpaired) electrons. The van der Waals surface area contributed by atoms with Gasteiger partial charge in [0.05, 0.1) is 0 Å². The largest absolute Gasteiger partial charge is 0.352 e. The van der Waals surface area contributed by atoms with Gasteiger partial charge in [-0.2, -0.15) is 4.31 Å². The summed E-state index contributed by atoms with van der Waals surface area (Å²) in [6, 6.07) is 6.53. The molecule has 0 aliphatic carbocycles. The van der Waals surface area contributed by atoms with Crippen molar-refractivity contribution in [2.45, 2.75) is 38.0 Å². The standard InChI is InChI=1S/C20H25N3O4S2/c1-3-21-19(24)15-8-7-14(2)16(13-15)22-20(25)18-17(9-12-28-18)29(26,27)23-10-5-4-6-11-23/h7-9,12-13H,3-6,10-11H2,1-2H3,(H,21,24)(H,22,25). The molecule has 7 nitrogen and oxygen atoms in total. The highest BCUT2D eigenvalue weighted by Crippen LogP contribution is 2.28. The minimum absolute atomic E-state index is 0.0411. The van der Waals surface area contributed by atoms with Crippen LogP contribution in [0.4, 0.5) is 5.69 Å². The van der Waals surface area contributed by atoms with E-state index < -0.39 is 15.9 Å².